The van der Waals surface area contributed by atoms with Gasteiger partial charge in [-0.3, -0.25) is 0 Å². The van der Waals surface area contributed by atoms with E-state index in [1.807, 2.05) is 0 Å². The largest absolute Gasteiger partial charge is 0.371 e. The highest BCUT2D eigenvalue weighted by Gasteiger charge is 2.54. The van der Waals surface area contributed by atoms with Crippen LogP contribution in [0.1, 0.15) is 92.4 Å². The zero-order valence-electron chi connectivity index (χ0n) is 54.2. The third kappa shape index (κ3) is 6.66. The molecule has 5 heteroatoms. The molecule has 0 saturated carbocycles. The second-order valence-corrected chi connectivity index (χ2v) is 29.1. The topological polar surface area (TPSA) is 13.0 Å². The number of para-hydroxylation sites is 2. The molecular weight excluding hydrogens is 1170 g/mol. The van der Waals surface area contributed by atoms with Gasteiger partial charge < -0.3 is 19.6 Å². The maximum Gasteiger partial charge on any atom is 0.252 e. The van der Waals surface area contributed by atoms with E-state index >= 15 is 0 Å². The molecule has 0 atom stereocenters. The van der Waals surface area contributed by atoms with Gasteiger partial charge in [-0.1, -0.05) is 224 Å². The fourth-order valence-electron chi connectivity index (χ4n) is 21.5. The van der Waals surface area contributed by atoms with E-state index in [1.165, 1.54) is 197 Å². The molecule has 6 heterocycles. The first-order valence-electron chi connectivity index (χ1n) is 35.8. The fourth-order valence-corrected chi connectivity index (χ4v) is 21.5. The van der Waals surface area contributed by atoms with E-state index in [9.17, 15) is 0 Å². The number of nitrogens with zero attached hydrogens (tertiary/aromatic N) is 4. The van der Waals surface area contributed by atoms with Crippen molar-refractivity contribution in [3.05, 3.63) is 328 Å². The van der Waals surface area contributed by atoms with Crippen molar-refractivity contribution >= 4 is 68.6 Å². The summed E-state index contributed by atoms with van der Waals surface area (Å²) >= 11 is 0. The molecule has 0 radical (unpaired) electrons. The fraction of sp³-hybridized carbons (Fsp3) is 0.152. The van der Waals surface area contributed by atoms with Crippen LogP contribution in [-0.2, 0) is 36.5 Å². The molecule has 458 valence electrons. The van der Waals surface area contributed by atoms with Gasteiger partial charge in [0, 0.05) is 71.4 Å². The second kappa shape index (κ2) is 19.4. The van der Waals surface area contributed by atoms with Crippen molar-refractivity contribution in [3.8, 4) is 66.8 Å². The Bertz CT molecular complexity index is 5260. The SMILES string of the molecule is c1ccc(N2c3cccc4c3B(c3cc5c6c(c32)CCCN6CCC5)c2cc3c5c(c2N4c2ccccc2-c2ccc4c(c2)-c2ccccc2C42c4ccccc4-c4ccccc42)CCCN5CCC3)c(-c2ccc3c(c2)-c2ccccc2C32c3ccccc3-c3ccccc32)c1. The summed E-state index contributed by atoms with van der Waals surface area (Å²) in [4.78, 5) is 11.1. The van der Waals surface area contributed by atoms with Gasteiger partial charge >= 0.3 is 0 Å². The lowest BCUT2D eigenvalue weighted by Gasteiger charge is -2.49. The third-order valence-electron chi connectivity index (χ3n) is 24.9. The summed E-state index contributed by atoms with van der Waals surface area (Å²) in [5.74, 6) is 0. The Morgan fingerprint density at radius 3 is 0.948 bits per heavy atom. The molecule has 0 bridgehead atoms. The quantitative estimate of drug-likeness (QED) is 0.163. The molecule has 0 saturated heterocycles. The number of rotatable bonds is 4. The number of anilines is 8. The van der Waals surface area contributed by atoms with Crippen LogP contribution in [0, 0.1) is 0 Å². The van der Waals surface area contributed by atoms with Crippen molar-refractivity contribution in [2.45, 2.75) is 62.2 Å². The first-order chi connectivity index (χ1) is 48.2. The number of fused-ring (bicyclic) bond motifs is 26. The minimum atomic E-state index is -0.407. The molecule has 4 aliphatic carbocycles. The van der Waals surface area contributed by atoms with Crippen molar-refractivity contribution in [2.24, 2.45) is 0 Å². The highest BCUT2D eigenvalue weighted by Crippen LogP contribution is 2.66. The minimum absolute atomic E-state index is 0.0236. The Morgan fingerprint density at radius 2 is 0.567 bits per heavy atom. The summed E-state index contributed by atoms with van der Waals surface area (Å²) in [6.07, 6.45) is 9.02. The summed E-state index contributed by atoms with van der Waals surface area (Å²) in [5.41, 5.74) is 47.2. The monoisotopic (exact) mass is 1240 g/mol. The molecule has 97 heavy (non-hydrogen) atoms. The van der Waals surface area contributed by atoms with Crippen molar-refractivity contribution in [1.82, 2.24) is 0 Å². The first-order valence-corrected chi connectivity index (χ1v) is 35.8. The van der Waals surface area contributed by atoms with Crippen LogP contribution in [0.15, 0.2) is 261 Å². The average molecular weight is 1240 g/mol. The summed E-state index contributed by atoms with van der Waals surface area (Å²) < 4.78 is 0. The maximum atomic E-state index is 2.80. The van der Waals surface area contributed by atoms with Gasteiger partial charge in [0.1, 0.15) is 0 Å². The van der Waals surface area contributed by atoms with Gasteiger partial charge in [0.15, 0.2) is 0 Å². The van der Waals surface area contributed by atoms with Crippen LogP contribution in [0.5, 0.6) is 0 Å². The molecule has 0 aromatic heterocycles. The van der Waals surface area contributed by atoms with Crippen LogP contribution in [0.2, 0.25) is 0 Å². The van der Waals surface area contributed by atoms with E-state index in [0.717, 1.165) is 64.7 Å². The number of benzene rings is 13. The molecule has 2 spiro atoms. The van der Waals surface area contributed by atoms with Crippen molar-refractivity contribution in [2.75, 3.05) is 45.8 Å². The molecule has 23 rings (SSSR count). The van der Waals surface area contributed by atoms with Crippen LogP contribution in [0.25, 0.3) is 66.8 Å². The maximum absolute atomic E-state index is 2.80. The predicted molar refractivity (Wildman–Crippen MR) is 402 cm³/mol. The highest BCUT2D eigenvalue weighted by atomic mass is 15.2. The van der Waals surface area contributed by atoms with Crippen LogP contribution in [-0.4, -0.2) is 32.9 Å². The summed E-state index contributed by atoms with van der Waals surface area (Å²) in [5, 5.41) is 0. The van der Waals surface area contributed by atoms with Gasteiger partial charge in [0.05, 0.1) is 22.2 Å². The van der Waals surface area contributed by atoms with Gasteiger partial charge in [-0.2, -0.15) is 0 Å². The van der Waals surface area contributed by atoms with Crippen molar-refractivity contribution < 1.29 is 0 Å². The summed E-state index contributed by atoms with van der Waals surface area (Å²) in [6, 6.07) is 102. The number of hydrogen-bond acceptors (Lipinski definition) is 4. The second-order valence-electron chi connectivity index (χ2n) is 29.1. The van der Waals surface area contributed by atoms with E-state index in [2.05, 4.69) is 280 Å². The van der Waals surface area contributed by atoms with Crippen LogP contribution in [0.4, 0.5) is 45.5 Å². The van der Waals surface area contributed by atoms with E-state index < -0.39 is 10.8 Å². The number of aryl methyl sites for hydroxylation is 2. The Balaban J connectivity index is 0.760. The molecule has 10 aliphatic rings. The molecule has 0 amide bonds. The summed E-state index contributed by atoms with van der Waals surface area (Å²) in [6.45, 7) is 4.50. The molecule has 13 aromatic carbocycles. The van der Waals surface area contributed by atoms with Crippen LogP contribution in [0.3, 0.4) is 0 Å². The van der Waals surface area contributed by atoms with Gasteiger partial charge in [-0.05, 0) is 227 Å². The molecule has 13 aromatic rings. The molecule has 0 fully saturated rings. The standard InChI is InChI=1S/C92H67BN4/c1-9-34-72-62(26-1)63-27-2-10-35-73(63)91(72)76-38-13-5-30-66(76)70-52-56(44-46-78(70)91)60-24-7-15-40-82(60)96-84-42-17-43-85-86(84)93(80-54-58-22-18-48-94-50-20-32-68(87(58)94)89(80)96)81-55-59-23-19-49-95-51-21-33-69(88(59)95)90(81)97(85)83-41-16-8-25-61(83)57-45-47-79-71(53-57)67-31-6-14-39-77(67)92(79)74-36-11-3-28-64(74)65-29-4-12-37-75(65)92/h1-17,24-31,34-47,52-55H,18-23,32-33,48-51H2. The molecule has 4 nitrogen and oxygen atoms in total. The Kier molecular flexibility index (Phi) is 10.7. The minimum Gasteiger partial charge on any atom is -0.371 e. The third-order valence-corrected chi connectivity index (χ3v) is 24.9. The highest BCUT2D eigenvalue weighted by molar-refractivity contribution is 7.00. The zero-order chi connectivity index (χ0) is 63.0. The van der Waals surface area contributed by atoms with Gasteiger partial charge in [0.25, 0.3) is 6.71 Å². The molecule has 0 N–H and O–H groups in total. The van der Waals surface area contributed by atoms with E-state index in [4.69, 9.17) is 0 Å². The lowest BCUT2D eigenvalue weighted by atomic mass is 9.32. The van der Waals surface area contributed by atoms with Gasteiger partial charge in [-0.15, -0.1) is 0 Å². The smallest absolute Gasteiger partial charge is 0.252 e. The van der Waals surface area contributed by atoms with E-state index in [-0.39, 0.29) is 6.71 Å². The zero-order valence-corrected chi connectivity index (χ0v) is 54.2. The normalized spacial score (nSPS) is 16.8. The summed E-state index contributed by atoms with van der Waals surface area (Å²) in [7, 11) is 0. The number of hydrogen-bond donors (Lipinski definition) is 0. The van der Waals surface area contributed by atoms with Gasteiger partial charge in [-0.25, -0.2) is 0 Å². The van der Waals surface area contributed by atoms with Crippen molar-refractivity contribution in [3.63, 3.8) is 0 Å². The van der Waals surface area contributed by atoms with Gasteiger partial charge in [0.2, 0.25) is 0 Å². The van der Waals surface area contributed by atoms with Crippen LogP contribution >= 0.6 is 0 Å². The lowest BCUT2D eigenvalue weighted by molar-refractivity contribution is 0.634. The molecular formula is C92H67BN4. The Morgan fingerprint density at radius 1 is 0.258 bits per heavy atom. The molecule has 6 aliphatic heterocycles. The average Bonchev–Trinajstić information content (AvgIpc) is 1.68. The van der Waals surface area contributed by atoms with Crippen molar-refractivity contribution in [1.29, 1.82) is 0 Å². The van der Waals surface area contributed by atoms with E-state index in [1.54, 1.807) is 11.1 Å². The van der Waals surface area contributed by atoms with Crippen LogP contribution < -0.4 is 36.0 Å². The molecule has 0 unspecified atom stereocenters. The Labute approximate surface area is 567 Å². The predicted octanol–water partition coefficient (Wildman–Crippen LogP) is 19.2. The Hall–Kier alpha value is -10.9. The van der Waals surface area contributed by atoms with E-state index in [0.29, 0.717) is 0 Å². The first kappa shape index (κ1) is 53.4. The lowest BCUT2D eigenvalue weighted by Crippen LogP contribution is -2.62.